The Morgan fingerprint density at radius 2 is 1.54 bits per heavy atom. The quantitative estimate of drug-likeness (QED) is 0.716. The molecule has 0 unspecified atom stereocenters. The van der Waals surface area contributed by atoms with Gasteiger partial charge in [0, 0.05) is 5.92 Å². The zero-order valence-electron chi connectivity index (χ0n) is 13.6. The fourth-order valence-corrected chi connectivity index (χ4v) is 2.74. The van der Waals surface area contributed by atoms with Gasteiger partial charge in [-0.3, -0.25) is 0 Å². The molecule has 0 saturated heterocycles. The maximum Gasteiger partial charge on any atom is 2.00 e. The van der Waals surface area contributed by atoms with Crippen molar-refractivity contribution >= 4 is 10.0 Å². The Kier molecular flexibility index (Phi) is 7.92. The van der Waals surface area contributed by atoms with E-state index in [-0.39, 0.29) is 24.4 Å². The molecular formula is C18H16N4O2RuS+2. The van der Waals surface area contributed by atoms with E-state index in [0.29, 0.717) is 5.69 Å². The Morgan fingerprint density at radius 3 is 2.12 bits per heavy atom. The Labute approximate surface area is 168 Å². The molecule has 2 fully saturated rings. The van der Waals surface area contributed by atoms with E-state index in [4.69, 9.17) is 5.14 Å². The normalized spacial score (nSPS) is 17.4. The molecule has 2 saturated carbocycles. The van der Waals surface area contributed by atoms with E-state index in [0.717, 1.165) is 11.6 Å². The van der Waals surface area contributed by atoms with Crippen molar-refractivity contribution in [3.63, 3.8) is 0 Å². The number of sulfonamides is 1. The van der Waals surface area contributed by atoms with Gasteiger partial charge in [0.2, 0.25) is 10.0 Å². The number of primary sulfonamides is 1. The zero-order chi connectivity index (χ0) is 17.7. The molecule has 1 heterocycles. The van der Waals surface area contributed by atoms with Crippen LogP contribution in [0.1, 0.15) is 5.69 Å². The minimum Gasteiger partial charge on any atom is -0.225 e. The second kappa shape index (κ2) is 9.72. The molecule has 8 heteroatoms. The molecule has 26 heavy (non-hydrogen) atoms. The molecule has 2 aromatic rings. The van der Waals surface area contributed by atoms with Crippen LogP contribution in [-0.2, 0) is 29.5 Å². The van der Waals surface area contributed by atoms with E-state index in [1.54, 1.807) is 18.3 Å². The van der Waals surface area contributed by atoms with Gasteiger partial charge >= 0.3 is 19.5 Å². The summed E-state index contributed by atoms with van der Waals surface area (Å²) in [6, 6.07) is 6.24. The van der Waals surface area contributed by atoms with Gasteiger partial charge in [-0.1, -0.05) is 11.3 Å². The van der Waals surface area contributed by atoms with Crippen LogP contribution in [0.15, 0.2) is 35.4 Å². The van der Waals surface area contributed by atoms with Crippen LogP contribution >= 0.6 is 0 Å². The Balaban J connectivity index is 0.000000351. The van der Waals surface area contributed by atoms with Crippen molar-refractivity contribution in [1.29, 1.82) is 0 Å². The van der Waals surface area contributed by atoms with E-state index in [1.807, 2.05) is 57.8 Å². The van der Waals surface area contributed by atoms with E-state index < -0.39 is 10.0 Å². The average molecular weight is 453 g/mol. The third-order valence-corrected chi connectivity index (χ3v) is 4.33. The molecule has 0 atom stereocenters. The summed E-state index contributed by atoms with van der Waals surface area (Å²) in [5.41, 5.74) is 1.30. The Bertz CT molecular complexity index is 789. The Hall–Kier alpha value is -1.11. The van der Waals surface area contributed by atoms with Gasteiger partial charge in [0.25, 0.3) is 0 Å². The third kappa shape index (κ3) is 5.70. The van der Waals surface area contributed by atoms with E-state index in [9.17, 15) is 8.42 Å². The van der Waals surface area contributed by atoms with Crippen LogP contribution in [0.2, 0.25) is 0 Å². The van der Waals surface area contributed by atoms with Gasteiger partial charge in [-0.15, -0.1) is 5.10 Å². The summed E-state index contributed by atoms with van der Waals surface area (Å²) < 4.78 is 24.2. The number of nitrogens with zero attached hydrogens (tertiary/aromatic N) is 3. The molecule has 2 aliphatic carbocycles. The molecule has 10 radical (unpaired) electrons. The summed E-state index contributed by atoms with van der Waals surface area (Å²) in [6.45, 7) is 0. The van der Waals surface area contributed by atoms with Crippen LogP contribution in [0.5, 0.6) is 0 Å². The monoisotopic (exact) mass is 454 g/mol. The molecule has 0 aliphatic heterocycles. The van der Waals surface area contributed by atoms with Crippen molar-refractivity contribution < 1.29 is 27.9 Å². The largest absolute Gasteiger partial charge is 2.00 e. The first kappa shape index (κ1) is 21.2. The van der Waals surface area contributed by atoms with Gasteiger partial charge in [0.05, 0.1) is 22.5 Å². The van der Waals surface area contributed by atoms with Crippen molar-refractivity contribution in [1.82, 2.24) is 15.0 Å². The molecule has 132 valence electrons. The summed E-state index contributed by atoms with van der Waals surface area (Å²) in [5, 5.41) is 13.2. The summed E-state index contributed by atoms with van der Waals surface area (Å²) in [6.07, 6.45) is 19.4. The molecule has 2 N–H and O–H groups in total. The number of nitrogens with two attached hydrogens (primary N) is 1. The number of hydrogen-bond acceptors (Lipinski definition) is 4. The van der Waals surface area contributed by atoms with Crippen LogP contribution in [0.3, 0.4) is 0 Å². The third-order valence-electron chi connectivity index (χ3n) is 3.42. The molecule has 0 spiro atoms. The van der Waals surface area contributed by atoms with Gasteiger partial charge in [0.1, 0.15) is 0 Å². The number of benzene rings is 1. The number of hydrogen-bond donors (Lipinski definition) is 1. The first-order chi connectivity index (χ1) is 12.0. The SMILES string of the molecule is NS(=O)(=O)c1cccc(-n2cc([C]3[CH][CH][CH][CH]3)nn2)c1.[CH]1[CH][CH][CH][CH]1.[Ru+2]. The fraction of sp³-hybridized carbons (Fsp3) is 0. The second-order valence-corrected chi connectivity index (χ2v) is 6.79. The van der Waals surface area contributed by atoms with Crippen molar-refractivity contribution in [3.05, 3.63) is 99.9 Å². The first-order valence-electron chi connectivity index (χ1n) is 7.48. The van der Waals surface area contributed by atoms with E-state index in [1.165, 1.54) is 16.8 Å². The van der Waals surface area contributed by atoms with Crippen molar-refractivity contribution in [3.8, 4) is 5.69 Å². The number of rotatable bonds is 3. The van der Waals surface area contributed by atoms with E-state index in [2.05, 4.69) is 10.3 Å². The maximum atomic E-state index is 11.3. The van der Waals surface area contributed by atoms with Crippen LogP contribution in [0, 0.1) is 63.7 Å². The van der Waals surface area contributed by atoms with Crippen molar-refractivity contribution in [2.75, 3.05) is 0 Å². The maximum absolute atomic E-state index is 11.3. The summed E-state index contributed by atoms with van der Waals surface area (Å²) in [4.78, 5) is 0.0420. The van der Waals surface area contributed by atoms with Gasteiger partial charge in [-0.2, -0.15) is 0 Å². The predicted molar refractivity (Wildman–Crippen MR) is 93.8 cm³/mol. The zero-order valence-corrected chi connectivity index (χ0v) is 16.1. The second-order valence-electron chi connectivity index (χ2n) is 5.23. The summed E-state index contributed by atoms with van der Waals surface area (Å²) >= 11 is 0. The molecular weight excluding hydrogens is 437 g/mol. The molecule has 1 aromatic carbocycles. The Morgan fingerprint density at radius 1 is 0.923 bits per heavy atom. The summed E-state index contributed by atoms with van der Waals surface area (Å²) in [5.74, 6) is 0.957. The van der Waals surface area contributed by atoms with Crippen molar-refractivity contribution in [2.45, 2.75) is 4.90 Å². The molecule has 4 rings (SSSR count). The topological polar surface area (TPSA) is 90.9 Å². The van der Waals surface area contributed by atoms with Crippen molar-refractivity contribution in [2.24, 2.45) is 5.14 Å². The average Bonchev–Trinajstić information content (AvgIpc) is 3.37. The fourth-order valence-electron chi connectivity index (χ4n) is 2.19. The molecule has 2 aliphatic rings. The van der Waals surface area contributed by atoms with Gasteiger partial charge < -0.3 is 0 Å². The molecule has 6 nitrogen and oxygen atoms in total. The van der Waals surface area contributed by atoms with Crippen LogP contribution < -0.4 is 5.14 Å². The van der Waals surface area contributed by atoms with Gasteiger partial charge in [-0.05, 0) is 76.0 Å². The van der Waals surface area contributed by atoms with Gasteiger partial charge in [-0.25, -0.2) is 18.2 Å². The van der Waals surface area contributed by atoms with Crippen LogP contribution in [0.25, 0.3) is 5.69 Å². The molecule has 0 amide bonds. The van der Waals surface area contributed by atoms with Crippen LogP contribution in [-0.4, -0.2) is 23.4 Å². The minimum absolute atomic E-state index is 0. The van der Waals surface area contributed by atoms with E-state index >= 15 is 0 Å². The van der Waals surface area contributed by atoms with Crippen LogP contribution in [0.4, 0.5) is 0 Å². The standard InChI is InChI=1S/C13H11N4O2S.C5H5.Ru/c14-20(18,19)12-7-3-6-11(8-12)17-9-13(15-16-17)10-4-1-2-5-10;1-2-4-5-3-1;/h1-9H,(H2,14,18,19);1-5H;/q;;+2. The predicted octanol–water partition coefficient (Wildman–Crippen LogP) is 1.69. The molecule has 1 aromatic heterocycles. The number of aromatic nitrogens is 3. The minimum atomic E-state index is -3.73. The molecule has 0 bridgehead atoms. The summed E-state index contributed by atoms with van der Waals surface area (Å²) in [7, 11) is -3.73. The smallest absolute Gasteiger partial charge is 0.225 e. The first-order valence-corrected chi connectivity index (χ1v) is 9.03. The van der Waals surface area contributed by atoms with Gasteiger partial charge in [0.15, 0.2) is 0 Å².